The summed E-state index contributed by atoms with van der Waals surface area (Å²) in [6, 6.07) is 6.75. The summed E-state index contributed by atoms with van der Waals surface area (Å²) in [4.78, 5) is 1.42. The van der Waals surface area contributed by atoms with Crippen molar-refractivity contribution in [3.63, 3.8) is 0 Å². The minimum absolute atomic E-state index is 0.190. The fourth-order valence-electron chi connectivity index (χ4n) is 1.91. The van der Waals surface area contributed by atoms with Gasteiger partial charge in [0.25, 0.3) is 0 Å². The largest absolute Gasteiger partial charge is 0.311 e. The maximum absolute atomic E-state index is 3.63. The molecule has 108 valence electrons. The molecule has 0 fully saturated rings. The highest BCUT2D eigenvalue weighted by Gasteiger charge is 2.19. The van der Waals surface area contributed by atoms with Gasteiger partial charge in [-0.25, -0.2) is 0 Å². The molecule has 0 bridgehead atoms. The maximum atomic E-state index is 3.63. The van der Waals surface area contributed by atoms with Gasteiger partial charge in [-0.15, -0.1) is 11.8 Å². The predicted molar refractivity (Wildman–Crippen MR) is 88.2 cm³/mol. The van der Waals surface area contributed by atoms with Gasteiger partial charge in [-0.3, -0.25) is 0 Å². The van der Waals surface area contributed by atoms with Crippen molar-refractivity contribution in [3.8, 4) is 0 Å². The predicted octanol–water partition coefficient (Wildman–Crippen LogP) is 4.81. The van der Waals surface area contributed by atoms with Gasteiger partial charge in [0.05, 0.1) is 0 Å². The van der Waals surface area contributed by atoms with Gasteiger partial charge in [0.15, 0.2) is 0 Å². The Labute approximate surface area is 123 Å². The standard InChI is InChI=1S/C17H29NS/c1-12(2)16(11-18-17(5,6)7)19-15-9-8-13(3)10-14(15)4/h8-10,12,16,18H,11H2,1-7H3. The molecular formula is C17H29NS. The van der Waals surface area contributed by atoms with Gasteiger partial charge in [0, 0.05) is 22.2 Å². The summed E-state index contributed by atoms with van der Waals surface area (Å²) in [5.41, 5.74) is 2.93. The first-order chi connectivity index (χ1) is 8.69. The van der Waals surface area contributed by atoms with Crippen LogP contribution in [0.2, 0.25) is 0 Å². The summed E-state index contributed by atoms with van der Waals surface area (Å²) in [6.45, 7) is 16.7. The SMILES string of the molecule is Cc1ccc(SC(CNC(C)(C)C)C(C)C)c(C)c1. The molecule has 0 aliphatic carbocycles. The third-order valence-electron chi connectivity index (χ3n) is 3.19. The normalized spacial score (nSPS) is 13.9. The second-order valence-corrected chi connectivity index (χ2v) is 8.08. The van der Waals surface area contributed by atoms with Gasteiger partial charge in [-0.05, 0) is 52.2 Å². The van der Waals surface area contributed by atoms with Gasteiger partial charge < -0.3 is 5.32 Å². The molecule has 0 radical (unpaired) electrons. The topological polar surface area (TPSA) is 12.0 Å². The number of hydrogen-bond donors (Lipinski definition) is 1. The molecule has 0 saturated heterocycles. The molecule has 0 saturated carbocycles. The molecule has 0 amide bonds. The molecule has 2 heteroatoms. The fraction of sp³-hybridized carbons (Fsp3) is 0.647. The lowest BCUT2D eigenvalue weighted by Gasteiger charge is -2.27. The molecule has 1 aromatic rings. The van der Waals surface area contributed by atoms with Crippen LogP contribution in [0.1, 0.15) is 45.7 Å². The summed E-state index contributed by atoms with van der Waals surface area (Å²) < 4.78 is 0. The van der Waals surface area contributed by atoms with Crippen LogP contribution in [0.4, 0.5) is 0 Å². The highest BCUT2D eigenvalue weighted by Crippen LogP contribution is 2.31. The summed E-state index contributed by atoms with van der Waals surface area (Å²) >= 11 is 2.01. The van der Waals surface area contributed by atoms with E-state index in [1.807, 2.05) is 11.8 Å². The van der Waals surface area contributed by atoms with Crippen molar-refractivity contribution in [2.75, 3.05) is 6.54 Å². The zero-order valence-electron chi connectivity index (χ0n) is 13.5. The Balaban J connectivity index is 2.73. The van der Waals surface area contributed by atoms with Crippen molar-refractivity contribution in [2.45, 2.75) is 64.2 Å². The van der Waals surface area contributed by atoms with Crippen molar-refractivity contribution in [2.24, 2.45) is 5.92 Å². The van der Waals surface area contributed by atoms with Crippen LogP contribution < -0.4 is 5.32 Å². The monoisotopic (exact) mass is 279 g/mol. The Morgan fingerprint density at radius 1 is 1.16 bits per heavy atom. The first-order valence-corrected chi connectivity index (χ1v) is 8.06. The van der Waals surface area contributed by atoms with E-state index in [9.17, 15) is 0 Å². The molecule has 0 aromatic heterocycles. The second kappa shape index (κ2) is 6.81. The minimum atomic E-state index is 0.190. The fourth-order valence-corrected chi connectivity index (χ4v) is 3.07. The van der Waals surface area contributed by atoms with E-state index in [-0.39, 0.29) is 5.54 Å². The zero-order chi connectivity index (χ0) is 14.6. The molecule has 0 aliphatic heterocycles. The molecule has 1 rings (SSSR count). The first-order valence-electron chi connectivity index (χ1n) is 7.18. The van der Waals surface area contributed by atoms with Crippen molar-refractivity contribution in [3.05, 3.63) is 29.3 Å². The van der Waals surface area contributed by atoms with E-state index in [4.69, 9.17) is 0 Å². The number of aryl methyl sites for hydroxylation is 2. The lowest BCUT2D eigenvalue weighted by molar-refractivity contribution is 0.408. The van der Waals surface area contributed by atoms with Gasteiger partial charge in [-0.1, -0.05) is 31.5 Å². The maximum Gasteiger partial charge on any atom is 0.0243 e. The summed E-state index contributed by atoms with van der Waals surface area (Å²) in [5.74, 6) is 0.667. The zero-order valence-corrected chi connectivity index (χ0v) is 14.3. The lowest BCUT2D eigenvalue weighted by atomic mass is 10.1. The molecule has 1 unspecified atom stereocenters. The average Bonchev–Trinajstić information content (AvgIpc) is 2.24. The number of benzene rings is 1. The van der Waals surface area contributed by atoms with Crippen molar-refractivity contribution >= 4 is 11.8 Å². The van der Waals surface area contributed by atoms with Crippen LogP contribution in [0.25, 0.3) is 0 Å². The van der Waals surface area contributed by atoms with Gasteiger partial charge in [0.2, 0.25) is 0 Å². The van der Waals surface area contributed by atoms with Crippen LogP contribution in [0.15, 0.2) is 23.1 Å². The molecule has 1 N–H and O–H groups in total. The Kier molecular flexibility index (Phi) is 5.94. The van der Waals surface area contributed by atoms with E-state index < -0.39 is 0 Å². The van der Waals surface area contributed by atoms with Crippen molar-refractivity contribution in [1.29, 1.82) is 0 Å². The van der Waals surface area contributed by atoms with E-state index in [0.717, 1.165) is 6.54 Å². The molecule has 1 nitrogen and oxygen atoms in total. The van der Waals surface area contributed by atoms with Crippen LogP contribution >= 0.6 is 11.8 Å². The first kappa shape index (κ1) is 16.6. The van der Waals surface area contributed by atoms with E-state index >= 15 is 0 Å². The van der Waals surface area contributed by atoms with E-state index in [1.165, 1.54) is 16.0 Å². The van der Waals surface area contributed by atoms with Gasteiger partial charge in [-0.2, -0.15) is 0 Å². The van der Waals surface area contributed by atoms with Crippen LogP contribution in [0.3, 0.4) is 0 Å². The van der Waals surface area contributed by atoms with Crippen LogP contribution in [-0.2, 0) is 0 Å². The van der Waals surface area contributed by atoms with Gasteiger partial charge in [0.1, 0.15) is 0 Å². The molecule has 0 heterocycles. The van der Waals surface area contributed by atoms with Crippen molar-refractivity contribution < 1.29 is 0 Å². The quantitative estimate of drug-likeness (QED) is 0.776. The summed E-state index contributed by atoms with van der Waals surface area (Å²) in [7, 11) is 0. The summed E-state index contributed by atoms with van der Waals surface area (Å²) in [6.07, 6.45) is 0. The lowest BCUT2D eigenvalue weighted by Crippen LogP contribution is -2.41. The van der Waals surface area contributed by atoms with Crippen LogP contribution in [0.5, 0.6) is 0 Å². The number of thioether (sulfide) groups is 1. The Morgan fingerprint density at radius 3 is 2.26 bits per heavy atom. The van der Waals surface area contributed by atoms with Crippen LogP contribution in [0, 0.1) is 19.8 Å². The van der Waals surface area contributed by atoms with E-state index in [1.54, 1.807) is 0 Å². The molecule has 19 heavy (non-hydrogen) atoms. The number of nitrogens with one attached hydrogen (secondary N) is 1. The van der Waals surface area contributed by atoms with E-state index in [2.05, 4.69) is 72.0 Å². The Morgan fingerprint density at radius 2 is 1.79 bits per heavy atom. The average molecular weight is 279 g/mol. The van der Waals surface area contributed by atoms with Gasteiger partial charge >= 0.3 is 0 Å². The molecule has 0 aliphatic rings. The minimum Gasteiger partial charge on any atom is -0.311 e. The molecule has 1 atom stereocenters. The Hall–Kier alpha value is -0.470. The molecule has 0 spiro atoms. The highest BCUT2D eigenvalue weighted by molar-refractivity contribution is 8.00. The third kappa shape index (κ3) is 6.01. The Bertz CT molecular complexity index is 404. The van der Waals surface area contributed by atoms with Crippen molar-refractivity contribution in [1.82, 2.24) is 5.32 Å². The second-order valence-electron chi connectivity index (χ2n) is 6.80. The molecule has 1 aromatic carbocycles. The highest BCUT2D eigenvalue weighted by atomic mass is 32.2. The van der Waals surface area contributed by atoms with E-state index in [0.29, 0.717) is 11.2 Å². The van der Waals surface area contributed by atoms with Crippen LogP contribution in [-0.4, -0.2) is 17.3 Å². The number of rotatable bonds is 5. The number of hydrogen-bond acceptors (Lipinski definition) is 2. The molecular weight excluding hydrogens is 250 g/mol. The summed E-state index contributed by atoms with van der Waals surface area (Å²) in [5, 5.41) is 4.25. The smallest absolute Gasteiger partial charge is 0.0243 e. The third-order valence-corrected chi connectivity index (χ3v) is 4.91.